The topological polar surface area (TPSA) is 21.1 Å². The molecule has 0 aliphatic heterocycles. The predicted octanol–water partition coefficient (Wildman–Crippen LogP) is 3.43. The third-order valence-corrected chi connectivity index (χ3v) is 3.28. The molecule has 0 bridgehead atoms. The second-order valence-electron chi connectivity index (χ2n) is 5.03. The molecule has 1 heterocycles. The Labute approximate surface area is 118 Å². The van der Waals surface area contributed by atoms with Crippen LogP contribution in [-0.2, 0) is 6.54 Å². The minimum Gasteiger partial charge on any atom is -0.327 e. The highest BCUT2D eigenvalue weighted by Crippen LogP contribution is 2.25. The molecule has 2 aromatic rings. The summed E-state index contributed by atoms with van der Waals surface area (Å²) in [7, 11) is 4.08. The SMILES string of the molecule is CC(Cl)c1nc2ccc(F)cc2n1CCCN(C)C. The van der Waals surface area contributed by atoms with Crippen molar-refractivity contribution in [1.29, 1.82) is 0 Å². The van der Waals surface area contributed by atoms with Crippen molar-refractivity contribution in [2.75, 3.05) is 20.6 Å². The number of benzene rings is 1. The summed E-state index contributed by atoms with van der Waals surface area (Å²) in [6, 6.07) is 4.67. The average molecular weight is 284 g/mol. The molecule has 0 amide bonds. The van der Waals surface area contributed by atoms with E-state index in [-0.39, 0.29) is 11.2 Å². The van der Waals surface area contributed by atoms with Crippen LogP contribution in [0.1, 0.15) is 24.5 Å². The van der Waals surface area contributed by atoms with Gasteiger partial charge in [0.05, 0.1) is 16.4 Å². The zero-order valence-corrected chi connectivity index (χ0v) is 12.3. The second kappa shape index (κ2) is 5.88. The molecule has 0 aliphatic carbocycles. The van der Waals surface area contributed by atoms with Gasteiger partial charge in [-0.2, -0.15) is 0 Å². The van der Waals surface area contributed by atoms with E-state index < -0.39 is 0 Å². The van der Waals surface area contributed by atoms with Gasteiger partial charge >= 0.3 is 0 Å². The van der Waals surface area contributed by atoms with Gasteiger partial charge in [0, 0.05) is 6.54 Å². The Balaban J connectivity index is 2.36. The van der Waals surface area contributed by atoms with Crippen LogP contribution in [0.25, 0.3) is 11.0 Å². The first-order chi connectivity index (χ1) is 8.99. The molecule has 19 heavy (non-hydrogen) atoms. The molecule has 5 heteroatoms. The number of hydrogen-bond acceptors (Lipinski definition) is 2. The summed E-state index contributed by atoms with van der Waals surface area (Å²) in [4.78, 5) is 6.63. The van der Waals surface area contributed by atoms with Crippen molar-refractivity contribution in [1.82, 2.24) is 14.5 Å². The molecule has 1 aromatic heterocycles. The lowest BCUT2D eigenvalue weighted by Crippen LogP contribution is -2.16. The molecule has 0 spiro atoms. The van der Waals surface area contributed by atoms with Crippen molar-refractivity contribution in [3.8, 4) is 0 Å². The number of halogens is 2. The van der Waals surface area contributed by atoms with Gasteiger partial charge in [0.15, 0.2) is 0 Å². The fraction of sp³-hybridized carbons (Fsp3) is 0.500. The van der Waals surface area contributed by atoms with Crippen molar-refractivity contribution in [3.05, 3.63) is 29.8 Å². The lowest BCUT2D eigenvalue weighted by Gasteiger charge is -2.13. The smallest absolute Gasteiger partial charge is 0.127 e. The summed E-state index contributed by atoms with van der Waals surface area (Å²) in [6.07, 6.45) is 0.978. The van der Waals surface area contributed by atoms with Gasteiger partial charge in [-0.3, -0.25) is 0 Å². The van der Waals surface area contributed by atoms with E-state index in [1.165, 1.54) is 12.1 Å². The van der Waals surface area contributed by atoms with Crippen molar-refractivity contribution in [3.63, 3.8) is 0 Å². The number of alkyl halides is 1. The first kappa shape index (κ1) is 14.3. The molecule has 0 saturated carbocycles. The van der Waals surface area contributed by atoms with E-state index in [4.69, 9.17) is 11.6 Å². The lowest BCUT2D eigenvalue weighted by molar-refractivity contribution is 0.386. The standard InChI is InChI=1S/C14H19ClFN3/c1-10(15)14-17-12-6-5-11(16)9-13(12)19(14)8-4-7-18(2)3/h5-6,9-10H,4,7-8H2,1-3H3. The Morgan fingerprint density at radius 3 is 2.79 bits per heavy atom. The van der Waals surface area contributed by atoms with Crippen LogP contribution in [0, 0.1) is 5.82 Å². The third kappa shape index (κ3) is 3.25. The van der Waals surface area contributed by atoms with Gasteiger partial charge in [0.2, 0.25) is 0 Å². The first-order valence-corrected chi connectivity index (χ1v) is 6.87. The van der Waals surface area contributed by atoms with E-state index >= 15 is 0 Å². The maximum atomic E-state index is 13.4. The quantitative estimate of drug-likeness (QED) is 0.784. The Bertz CT molecular complexity index is 563. The molecule has 2 rings (SSSR count). The van der Waals surface area contributed by atoms with E-state index in [0.717, 1.165) is 36.4 Å². The summed E-state index contributed by atoms with van der Waals surface area (Å²) in [5, 5.41) is -0.185. The van der Waals surface area contributed by atoms with E-state index in [0.29, 0.717) is 0 Å². The summed E-state index contributed by atoms with van der Waals surface area (Å²) < 4.78 is 15.4. The van der Waals surface area contributed by atoms with Crippen LogP contribution in [0.4, 0.5) is 4.39 Å². The zero-order chi connectivity index (χ0) is 14.0. The van der Waals surface area contributed by atoms with Crippen LogP contribution in [0.3, 0.4) is 0 Å². The third-order valence-electron chi connectivity index (χ3n) is 3.08. The van der Waals surface area contributed by atoms with Gasteiger partial charge in [-0.15, -0.1) is 11.6 Å². The van der Waals surface area contributed by atoms with Crippen LogP contribution >= 0.6 is 11.6 Å². The summed E-state index contributed by atoms with van der Waals surface area (Å²) in [6.45, 7) is 3.66. The molecule has 0 radical (unpaired) electrons. The maximum absolute atomic E-state index is 13.4. The monoisotopic (exact) mass is 283 g/mol. The number of nitrogens with zero attached hydrogens (tertiary/aromatic N) is 3. The van der Waals surface area contributed by atoms with Crippen molar-refractivity contribution in [2.45, 2.75) is 25.3 Å². The average Bonchev–Trinajstić information content (AvgIpc) is 2.67. The largest absolute Gasteiger partial charge is 0.327 e. The molecule has 0 fully saturated rings. The Morgan fingerprint density at radius 1 is 1.42 bits per heavy atom. The van der Waals surface area contributed by atoms with Crippen molar-refractivity contribution < 1.29 is 4.39 Å². The normalized spacial score (nSPS) is 13.4. The van der Waals surface area contributed by atoms with Crippen molar-refractivity contribution >= 4 is 22.6 Å². The van der Waals surface area contributed by atoms with Crippen molar-refractivity contribution in [2.24, 2.45) is 0 Å². The predicted molar refractivity (Wildman–Crippen MR) is 77.1 cm³/mol. The maximum Gasteiger partial charge on any atom is 0.127 e. The van der Waals surface area contributed by atoms with Gasteiger partial charge in [0.1, 0.15) is 11.6 Å². The Morgan fingerprint density at radius 2 is 2.16 bits per heavy atom. The van der Waals surface area contributed by atoms with Crippen LogP contribution < -0.4 is 0 Å². The Kier molecular flexibility index (Phi) is 4.42. The van der Waals surface area contributed by atoms with Crippen LogP contribution in [0.5, 0.6) is 0 Å². The second-order valence-corrected chi connectivity index (χ2v) is 5.68. The number of fused-ring (bicyclic) bond motifs is 1. The van der Waals surface area contributed by atoms with Crippen LogP contribution in [0.15, 0.2) is 18.2 Å². The number of hydrogen-bond donors (Lipinski definition) is 0. The molecule has 1 unspecified atom stereocenters. The van der Waals surface area contributed by atoms with Gasteiger partial charge in [-0.05, 0) is 52.2 Å². The minimum absolute atomic E-state index is 0.185. The molecule has 0 N–H and O–H groups in total. The molecule has 1 atom stereocenters. The Hall–Kier alpha value is -1.13. The number of imidazole rings is 1. The molecule has 1 aromatic carbocycles. The molecular weight excluding hydrogens is 265 g/mol. The number of rotatable bonds is 5. The van der Waals surface area contributed by atoms with E-state index in [1.54, 1.807) is 6.07 Å². The van der Waals surface area contributed by atoms with Crippen LogP contribution in [-0.4, -0.2) is 35.1 Å². The van der Waals surface area contributed by atoms with Gasteiger partial charge < -0.3 is 9.47 Å². The van der Waals surface area contributed by atoms with E-state index in [1.807, 2.05) is 25.6 Å². The molecule has 104 valence electrons. The summed E-state index contributed by atoms with van der Waals surface area (Å²) in [5.41, 5.74) is 1.62. The molecule has 3 nitrogen and oxygen atoms in total. The highest BCUT2D eigenvalue weighted by Gasteiger charge is 2.15. The first-order valence-electron chi connectivity index (χ1n) is 6.43. The number of aromatic nitrogens is 2. The van der Waals surface area contributed by atoms with Gasteiger partial charge in [-0.25, -0.2) is 9.37 Å². The molecule has 0 saturated heterocycles. The fourth-order valence-corrected chi connectivity index (χ4v) is 2.36. The highest BCUT2D eigenvalue weighted by atomic mass is 35.5. The molecular formula is C14H19ClFN3. The van der Waals surface area contributed by atoms with E-state index in [2.05, 4.69) is 9.88 Å². The van der Waals surface area contributed by atoms with Gasteiger partial charge in [-0.1, -0.05) is 0 Å². The fourth-order valence-electron chi connectivity index (χ4n) is 2.20. The lowest BCUT2D eigenvalue weighted by atomic mass is 10.3. The van der Waals surface area contributed by atoms with Gasteiger partial charge in [0.25, 0.3) is 0 Å². The molecule has 0 aliphatic rings. The number of aryl methyl sites for hydroxylation is 1. The highest BCUT2D eigenvalue weighted by molar-refractivity contribution is 6.20. The van der Waals surface area contributed by atoms with Crippen LogP contribution in [0.2, 0.25) is 0 Å². The summed E-state index contributed by atoms with van der Waals surface area (Å²) >= 11 is 6.17. The summed E-state index contributed by atoms with van der Waals surface area (Å²) in [5.74, 6) is 0.566. The van der Waals surface area contributed by atoms with E-state index in [9.17, 15) is 4.39 Å². The minimum atomic E-state index is -0.241. The zero-order valence-electron chi connectivity index (χ0n) is 11.5.